The quantitative estimate of drug-likeness (QED) is 0.827. The first-order valence-corrected chi connectivity index (χ1v) is 7.44. The number of nitrogens with zero attached hydrogens (tertiary/aromatic N) is 3. The Morgan fingerprint density at radius 1 is 1.20 bits per heavy atom. The monoisotopic (exact) mass is 275 g/mol. The van der Waals surface area contributed by atoms with Gasteiger partial charge in [0.25, 0.3) is 0 Å². The molecule has 0 amide bonds. The zero-order chi connectivity index (χ0) is 14.1. The van der Waals surface area contributed by atoms with E-state index in [1.54, 1.807) is 0 Å². The van der Waals surface area contributed by atoms with Gasteiger partial charge in [-0.15, -0.1) is 0 Å². The van der Waals surface area contributed by atoms with Gasteiger partial charge in [-0.1, -0.05) is 12.1 Å². The van der Waals surface area contributed by atoms with Gasteiger partial charge in [-0.3, -0.25) is 9.80 Å². The maximum atomic E-state index is 5.90. The van der Waals surface area contributed by atoms with E-state index in [0.717, 1.165) is 32.8 Å². The lowest BCUT2D eigenvalue weighted by atomic mass is 10.1. The van der Waals surface area contributed by atoms with Gasteiger partial charge in [0.15, 0.2) is 0 Å². The predicted molar refractivity (Wildman–Crippen MR) is 82.2 cm³/mol. The minimum atomic E-state index is 0.398. The number of fused-ring (bicyclic) bond motifs is 1. The number of benzene rings is 1. The Bertz CT molecular complexity index is 446. The van der Waals surface area contributed by atoms with Crippen LogP contribution >= 0.6 is 0 Å². The van der Waals surface area contributed by atoms with Crippen LogP contribution in [0.1, 0.15) is 5.56 Å². The molecule has 2 heterocycles. The third-order valence-electron chi connectivity index (χ3n) is 4.51. The second kappa shape index (κ2) is 5.72. The minimum Gasteiger partial charge on any atom is -0.378 e. The highest BCUT2D eigenvalue weighted by molar-refractivity contribution is 5.45. The van der Waals surface area contributed by atoms with Crippen molar-refractivity contribution < 1.29 is 4.74 Å². The molecule has 20 heavy (non-hydrogen) atoms. The molecule has 0 spiro atoms. The van der Waals surface area contributed by atoms with Crippen LogP contribution in [-0.2, 0) is 11.3 Å². The summed E-state index contributed by atoms with van der Waals surface area (Å²) in [5, 5.41) is 0. The average molecular weight is 275 g/mol. The highest BCUT2D eigenvalue weighted by Gasteiger charge is 2.38. The predicted octanol–water partition coefficient (Wildman–Crippen LogP) is 1.27. The standard InChI is InChI=1S/C16H25N3O/c1-17(2)14-6-4-13(5-7-14)10-19-11-15-16(12-19)20-9-8-18(15)3/h4-7,15-16H,8-12H2,1-3H3/t15-,16+/m1/s1. The summed E-state index contributed by atoms with van der Waals surface area (Å²) in [4.78, 5) is 7.10. The summed E-state index contributed by atoms with van der Waals surface area (Å²) >= 11 is 0. The van der Waals surface area contributed by atoms with Crippen molar-refractivity contribution in [1.82, 2.24) is 9.80 Å². The summed E-state index contributed by atoms with van der Waals surface area (Å²) in [5.74, 6) is 0. The Morgan fingerprint density at radius 2 is 1.95 bits per heavy atom. The third kappa shape index (κ3) is 2.82. The molecule has 2 aliphatic heterocycles. The number of morpholine rings is 1. The third-order valence-corrected chi connectivity index (χ3v) is 4.51. The van der Waals surface area contributed by atoms with Crippen molar-refractivity contribution in [3.63, 3.8) is 0 Å². The normalized spacial score (nSPS) is 27.6. The number of ether oxygens (including phenoxy) is 1. The number of likely N-dealkylation sites (tertiary alicyclic amines) is 1. The van der Waals surface area contributed by atoms with Gasteiger partial charge in [-0.05, 0) is 24.7 Å². The molecule has 0 saturated carbocycles. The van der Waals surface area contributed by atoms with Crippen molar-refractivity contribution in [1.29, 1.82) is 0 Å². The lowest BCUT2D eigenvalue weighted by molar-refractivity contribution is -0.0370. The van der Waals surface area contributed by atoms with Gasteiger partial charge < -0.3 is 9.64 Å². The smallest absolute Gasteiger partial charge is 0.0869 e. The maximum Gasteiger partial charge on any atom is 0.0869 e. The summed E-state index contributed by atoms with van der Waals surface area (Å²) in [6, 6.07) is 9.44. The van der Waals surface area contributed by atoms with Crippen molar-refractivity contribution in [2.24, 2.45) is 0 Å². The Balaban J connectivity index is 1.61. The Hall–Kier alpha value is -1.10. The number of rotatable bonds is 3. The second-order valence-corrected chi connectivity index (χ2v) is 6.21. The first-order chi connectivity index (χ1) is 9.63. The molecule has 0 unspecified atom stereocenters. The maximum absolute atomic E-state index is 5.90. The molecule has 0 aromatic heterocycles. The molecule has 2 atom stereocenters. The summed E-state index contributed by atoms with van der Waals surface area (Å²) in [7, 11) is 6.37. The molecular formula is C16H25N3O. The molecule has 0 N–H and O–H groups in total. The van der Waals surface area contributed by atoms with Crippen LogP contribution < -0.4 is 4.90 Å². The topological polar surface area (TPSA) is 19.0 Å². The van der Waals surface area contributed by atoms with E-state index in [4.69, 9.17) is 4.74 Å². The highest BCUT2D eigenvalue weighted by atomic mass is 16.5. The first-order valence-electron chi connectivity index (χ1n) is 7.44. The van der Waals surface area contributed by atoms with Crippen molar-refractivity contribution >= 4 is 5.69 Å². The van der Waals surface area contributed by atoms with Crippen LogP contribution in [0, 0.1) is 0 Å². The van der Waals surface area contributed by atoms with Gasteiger partial charge in [0.05, 0.1) is 12.7 Å². The van der Waals surface area contributed by atoms with E-state index < -0.39 is 0 Å². The second-order valence-electron chi connectivity index (χ2n) is 6.21. The molecule has 2 saturated heterocycles. The Labute approximate surface area is 121 Å². The van der Waals surface area contributed by atoms with E-state index in [1.165, 1.54) is 11.3 Å². The van der Waals surface area contributed by atoms with Crippen LogP contribution in [0.25, 0.3) is 0 Å². The van der Waals surface area contributed by atoms with Gasteiger partial charge in [-0.25, -0.2) is 0 Å². The summed E-state index contributed by atoms with van der Waals surface area (Å²) in [6.07, 6.45) is 0.398. The molecule has 0 bridgehead atoms. The summed E-state index contributed by atoms with van der Waals surface area (Å²) < 4.78 is 5.90. The van der Waals surface area contributed by atoms with E-state index in [9.17, 15) is 0 Å². The lowest BCUT2D eigenvalue weighted by Gasteiger charge is -2.33. The lowest BCUT2D eigenvalue weighted by Crippen LogP contribution is -2.48. The molecule has 2 fully saturated rings. The first kappa shape index (κ1) is 13.9. The number of likely N-dealkylation sites (N-methyl/N-ethyl adjacent to an activating group) is 1. The van der Waals surface area contributed by atoms with Crippen LogP contribution in [0.15, 0.2) is 24.3 Å². The average Bonchev–Trinajstić information content (AvgIpc) is 2.83. The molecule has 0 radical (unpaired) electrons. The van der Waals surface area contributed by atoms with Crippen molar-refractivity contribution in [3.8, 4) is 0 Å². The highest BCUT2D eigenvalue weighted by Crippen LogP contribution is 2.23. The van der Waals surface area contributed by atoms with E-state index in [1.807, 2.05) is 0 Å². The van der Waals surface area contributed by atoms with E-state index in [-0.39, 0.29) is 0 Å². The fraction of sp³-hybridized carbons (Fsp3) is 0.625. The SMILES string of the molecule is CN(C)c1ccc(CN2C[C@@H]3OCCN(C)[C@@H]3C2)cc1. The fourth-order valence-electron chi connectivity index (χ4n) is 3.22. The molecular weight excluding hydrogens is 250 g/mol. The molecule has 110 valence electrons. The zero-order valence-electron chi connectivity index (χ0n) is 12.7. The van der Waals surface area contributed by atoms with Crippen LogP contribution in [0.2, 0.25) is 0 Å². The molecule has 1 aromatic carbocycles. The molecule has 1 aromatic rings. The van der Waals surface area contributed by atoms with Crippen molar-refractivity contribution in [3.05, 3.63) is 29.8 Å². The van der Waals surface area contributed by atoms with Crippen molar-refractivity contribution in [2.45, 2.75) is 18.7 Å². The molecule has 4 nitrogen and oxygen atoms in total. The molecule has 4 heteroatoms. The van der Waals surface area contributed by atoms with Crippen LogP contribution in [0.3, 0.4) is 0 Å². The van der Waals surface area contributed by atoms with E-state index >= 15 is 0 Å². The number of anilines is 1. The summed E-state index contributed by atoms with van der Waals surface area (Å²) in [6.45, 7) is 5.15. The largest absolute Gasteiger partial charge is 0.378 e. The molecule has 2 aliphatic rings. The number of hydrogen-bond acceptors (Lipinski definition) is 4. The zero-order valence-corrected chi connectivity index (χ0v) is 12.7. The van der Waals surface area contributed by atoms with Gasteiger partial charge in [0, 0.05) is 52.0 Å². The van der Waals surface area contributed by atoms with Crippen LogP contribution in [0.4, 0.5) is 5.69 Å². The van der Waals surface area contributed by atoms with Gasteiger partial charge in [0.1, 0.15) is 0 Å². The van der Waals surface area contributed by atoms with E-state index in [2.05, 4.69) is 60.1 Å². The van der Waals surface area contributed by atoms with Crippen LogP contribution in [-0.4, -0.2) is 69.3 Å². The van der Waals surface area contributed by atoms with Gasteiger partial charge >= 0.3 is 0 Å². The van der Waals surface area contributed by atoms with Crippen LogP contribution in [0.5, 0.6) is 0 Å². The Morgan fingerprint density at radius 3 is 2.60 bits per heavy atom. The van der Waals surface area contributed by atoms with Gasteiger partial charge in [0.2, 0.25) is 0 Å². The van der Waals surface area contributed by atoms with Crippen molar-refractivity contribution in [2.75, 3.05) is 52.3 Å². The number of hydrogen-bond donors (Lipinski definition) is 0. The van der Waals surface area contributed by atoms with E-state index in [0.29, 0.717) is 12.1 Å². The molecule has 0 aliphatic carbocycles. The fourth-order valence-corrected chi connectivity index (χ4v) is 3.22. The molecule has 3 rings (SSSR count). The minimum absolute atomic E-state index is 0.398. The Kier molecular flexibility index (Phi) is 3.96. The summed E-state index contributed by atoms with van der Waals surface area (Å²) in [5.41, 5.74) is 2.64. The van der Waals surface area contributed by atoms with Gasteiger partial charge in [-0.2, -0.15) is 0 Å².